The van der Waals surface area contributed by atoms with E-state index < -0.39 is 0 Å². The van der Waals surface area contributed by atoms with E-state index in [4.69, 9.17) is 0 Å². The maximum absolute atomic E-state index is 12.2. The van der Waals surface area contributed by atoms with E-state index in [1.54, 1.807) is 22.4 Å². The number of hydrogen-bond acceptors (Lipinski definition) is 6. The van der Waals surface area contributed by atoms with Crippen molar-refractivity contribution in [3.8, 4) is 0 Å². The molecule has 0 N–H and O–H groups in total. The van der Waals surface area contributed by atoms with E-state index in [1.807, 2.05) is 18.2 Å². The number of aromatic nitrogens is 4. The number of fused-ring (bicyclic) bond motifs is 1. The van der Waals surface area contributed by atoms with Gasteiger partial charge in [-0.15, -0.1) is 5.10 Å². The highest BCUT2D eigenvalue weighted by Crippen LogP contribution is 2.29. The monoisotopic (exact) mass is 314 g/mol. The number of amides is 1. The van der Waals surface area contributed by atoms with Gasteiger partial charge < -0.3 is 9.80 Å². The molecule has 22 heavy (non-hydrogen) atoms. The van der Waals surface area contributed by atoms with E-state index in [0.29, 0.717) is 13.1 Å². The maximum atomic E-state index is 12.2. The summed E-state index contributed by atoms with van der Waals surface area (Å²) in [4.78, 5) is 20.9. The summed E-state index contributed by atoms with van der Waals surface area (Å²) in [6.45, 7) is 2.88. The third-order valence-electron chi connectivity index (χ3n) is 3.72. The van der Waals surface area contributed by atoms with Gasteiger partial charge in [0.15, 0.2) is 5.13 Å². The van der Waals surface area contributed by atoms with Crippen LogP contribution in [-0.2, 0) is 0 Å². The Kier molecular flexibility index (Phi) is 3.23. The van der Waals surface area contributed by atoms with Gasteiger partial charge in [-0.1, -0.05) is 28.7 Å². The van der Waals surface area contributed by atoms with Crippen LogP contribution in [0.25, 0.3) is 10.2 Å². The Labute approximate surface area is 130 Å². The van der Waals surface area contributed by atoms with Crippen molar-refractivity contribution in [1.29, 1.82) is 0 Å². The highest BCUT2D eigenvalue weighted by Gasteiger charge is 2.24. The van der Waals surface area contributed by atoms with Crippen LogP contribution in [0.2, 0.25) is 0 Å². The summed E-state index contributed by atoms with van der Waals surface area (Å²) in [5.41, 5.74) is 1.03. The normalized spacial score (nSPS) is 15.5. The van der Waals surface area contributed by atoms with Gasteiger partial charge >= 0.3 is 6.03 Å². The Hall–Kier alpha value is -2.48. The summed E-state index contributed by atoms with van der Waals surface area (Å²) in [7, 11) is 0. The molecule has 1 aliphatic rings. The van der Waals surface area contributed by atoms with Crippen LogP contribution >= 0.6 is 11.3 Å². The molecule has 1 amide bonds. The average Bonchev–Trinajstić information content (AvgIpc) is 3.23. The van der Waals surface area contributed by atoms with Crippen LogP contribution in [0.4, 0.5) is 9.93 Å². The Bertz CT molecular complexity index is 758. The Balaban J connectivity index is 1.46. The second-order valence-corrected chi connectivity index (χ2v) is 6.08. The maximum Gasteiger partial charge on any atom is 0.346 e. The van der Waals surface area contributed by atoms with Crippen LogP contribution in [0.1, 0.15) is 0 Å². The third-order valence-corrected chi connectivity index (χ3v) is 4.82. The lowest BCUT2D eigenvalue weighted by Crippen LogP contribution is -2.50. The number of piperazine rings is 1. The quantitative estimate of drug-likeness (QED) is 0.683. The van der Waals surface area contributed by atoms with Crippen LogP contribution in [0, 0.1) is 0 Å². The molecular formula is C14H14N6OS. The molecule has 1 fully saturated rings. The Morgan fingerprint density at radius 2 is 1.95 bits per heavy atom. The molecule has 3 aromatic rings. The highest BCUT2D eigenvalue weighted by atomic mass is 32.1. The fourth-order valence-corrected chi connectivity index (χ4v) is 3.56. The molecule has 2 aromatic heterocycles. The first-order valence-electron chi connectivity index (χ1n) is 7.07. The van der Waals surface area contributed by atoms with Gasteiger partial charge in [-0.25, -0.2) is 9.78 Å². The molecule has 7 nitrogen and oxygen atoms in total. The van der Waals surface area contributed by atoms with Gasteiger partial charge in [0.05, 0.1) is 22.6 Å². The first kappa shape index (κ1) is 13.2. The van der Waals surface area contributed by atoms with E-state index in [-0.39, 0.29) is 6.03 Å². The fourth-order valence-electron chi connectivity index (χ4n) is 2.54. The van der Waals surface area contributed by atoms with Crippen molar-refractivity contribution >= 4 is 32.7 Å². The van der Waals surface area contributed by atoms with Crippen LogP contribution in [0.5, 0.6) is 0 Å². The van der Waals surface area contributed by atoms with Gasteiger partial charge in [-0.05, 0) is 12.1 Å². The van der Waals surface area contributed by atoms with Gasteiger partial charge in [0, 0.05) is 26.2 Å². The molecule has 4 rings (SSSR count). The lowest BCUT2D eigenvalue weighted by molar-refractivity contribution is 0.192. The van der Waals surface area contributed by atoms with Crippen LogP contribution < -0.4 is 4.90 Å². The van der Waals surface area contributed by atoms with Crippen LogP contribution in [0.3, 0.4) is 0 Å². The molecule has 1 saturated heterocycles. The molecule has 0 aliphatic carbocycles. The van der Waals surface area contributed by atoms with Gasteiger partial charge in [0.1, 0.15) is 0 Å². The number of thiazole rings is 1. The molecule has 3 heterocycles. The summed E-state index contributed by atoms with van der Waals surface area (Å²) < 4.78 is 2.46. The molecule has 0 radical (unpaired) electrons. The lowest BCUT2D eigenvalue weighted by Gasteiger charge is -2.34. The van der Waals surface area contributed by atoms with Gasteiger partial charge in [0.25, 0.3) is 0 Å². The molecule has 0 bridgehead atoms. The molecular weight excluding hydrogens is 300 g/mol. The average molecular weight is 314 g/mol. The number of carbonyl (C=O) groups is 1. The SMILES string of the molecule is O=C(N1CCN(c2nc3ccccc3s2)CC1)n1ccnn1. The zero-order valence-corrected chi connectivity index (χ0v) is 12.6. The number of anilines is 1. The zero-order valence-electron chi connectivity index (χ0n) is 11.8. The zero-order chi connectivity index (χ0) is 14.9. The van der Waals surface area contributed by atoms with Crippen LogP contribution in [-0.4, -0.2) is 57.1 Å². The summed E-state index contributed by atoms with van der Waals surface area (Å²) >= 11 is 1.69. The first-order valence-corrected chi connectivity index (χ1v) is 7.89. The van der Waals surface area contributed by atoms with Gasteiger partial charge in [-0.3, -0.25) is 0 Å². The summed E-state index contributed by atoms with van der Waals surface area (Å²) in [6.07, 6.45) is 3.08. The van der Waals surface area contributed by atoms with Crippen LogP contribution in [0.15, 0.2) is 36.7 Å². The van der Waals surface area contributed by atoms with Gasteiger partial charge in [-0.2, -0.15) is 4.68 Å². The van der Waals surface area contributed by atoms with Crippen molar-refractivity contribution in [2.75, 3.05) is 31.1 Å². The molecule has 112 valence electrons. The van der Waals surface area contributed by atoms with Gasteiger partial charge in [0.2, 0.25) is 0 Å². The summed E-state index contributed by atoms with van der Waals surface area (Å²) in [5, 5.41) is 8.44. The number of carbonyl (C=O) groups excluding carboxylic acids is 1. The number of rotatable bonds is 1. The second-order valence-electron chi connectivity index (χ2n) is 5.07. The molecule has 0 saturated carbocycles. The minimum Gasteiger partial charge on any atom is -0.345 e. The number of nitrogens with zero attached hydrogens (tertiary/aromatic N) is 6. The molecule has 0 unspecified atom stereocenters. The Morgan fingerprint density at radius 1 is 1.14 bits per heavy atom. The molecule has 8 heteroatoms. The second kappa shape index (κ2) is 5.38. The third kappa shape index (κ3) is 2.31. The predicted octanol–water partition coefficient (Wildman–Crippen LogP) is 1.68. The van der Waals surface area contributed by atoms with E-state index in [1.165, 1.54) is 15.6 Å². The van der Waals surface area contributed by atoms with Crippen molar-refractivity contribution in [3.63, 3.8) is 0 Å². The lowest BCUT2D eigenvalue weighted by atomic mass is 10.3. The molecule has 0 atom stereocenters. The number of benzene rings is 1. The summed E-state index contributed by atoms with van der Waals surface area (Å²) in [6, 6.07) is 8.02. The Morgan fingerprint density at radius 3 is 2.68 bits per heavy atom. The number of hydrogen-bond donors (Lipinski definition) is 0. The smallest absolute Gasteiger partial charge is 0.345 e. The van der Waals surface area contributed by atoms with E-state index in [9.17, 15) is 4.79 Å². The first-order chi connectivity index (χ1) is 10.8. The summed E-state index contributed by atoms with van der Waals surface area (Å²) in [5.74, 6) is 0. The standard InChI is InChI=1S/C14H14N6OS/c21-14(20-6-5-15-17-20)19-9-7-18(8-10-19)13-16-11-3-1-2-4-12(11)22-13/h1-6H,7-10H2. The van der Waals surface area contributed by atoms with Crippen molar-refractivity contribution in [2.45, 2.75) is 0 Å². The van der Waals surface area contributed by atoms with Crippen molar-refractivity contribution < 1.29 is 4.79 Å². The topological polar surface area (TPSA) is 67.2 Å². The van der Waals surface area contributed by atoms with E-state index >= 15 is 0 Å². The minimum atomic E-state index is -0.124. The largest absolute Gasteiger partial charge is 0.346 e. The highest BCUT2D eigenvalue weighted by molar-refractivity contribution is 7.22. The minimum absolute atomic E-state index is 0.124. The van der Waals surface area contributed by atoms with E-state index in [0.717, 1.165) is 23.7 Å². The molecule has 1 aromatic carbocycles. The predicted molar refractivity (Wildman–Crippen MR) is 84.2 cm³/mol. The molecule has 1 aliphatic heterocycles. The van der Waals surface area contributed by atoms with E-state index in [2.05, 4.69) is 26.3 Å². The molecule has 0 spiro atoms. The fraction of sp³-hybridized carbons (Fsp3) is 0.286. The van der Waals surface area contributed by atoms with Crippen molar-refractivity contribution in [3.05, 3.63) is 36.7 Å². The number of para-hydroxylation sites is 1. The van der Waals surface area contributed by atoms with Crippen molar-refractivity contribution in [1.82, 2.24) is 24.9 Å². The van der Waals surface area contributed by atoms with Crippen molar-refractivity contribution in [2.24, 2.45) is 0 Å².